The van der Waals surface area contributed by atoms with E-state index in [0.29, 0.717) is 37.1 Å². The van der Waals surface area contributed by atoms with Crippen molar-refractivity contribution in [3.63, 3.8) is 0 Å². The summed E-state index contributed by atoms with van der Waals surface area (Å²) in [6, 6.07) is 4.83. The molecular weight excluding hydrogens is 325 g/mol. The minimum absolute atomic E-state index is 0.101. The molecule has 3 rings (SSSR count). The third-order valence-corrected chi connectivity index (χ3v) is 5.00. The van der Waals surface area contributed by atoms with Crippen molar-refractivity contribution in [2.45, 2.75) is 32.1 Å². The van der Waals surface area contributed by atoms with Crippen LogP contribution in [-0.2, 0) is 23.1 Å². The number of halogens is 1. The summed E-state index contributed by atoms with van der Waals surface area (Å²) in [5.41, 5.74) is 1.06. The second-order valence-corrected chi connectivity index (χ2v) is 6.63. The van der Waals surface area contributed by atoms with E-state index in [2.05, 4.69) is 10.3 Å². The molecule has 1 aromatic carbocycles. The van der Waals surface area contributed by atoms with Gasteiger partial charge >= 0.3 is 5.97 Å². The molecular formula is C18H22FN3O3. The number of imidazole rings is 1. The van der Waals surface area contributed by atoms with Gasteiger partial charge in [0.25, 0.3) is 0 Å². The van der Waals surface area contributed by atoms with Crippen LogP contribution in [-0.4, -0.2) is 33.1 Å². The first-order valence-corrected chi connectivity index (χ1v) is 8.57. The molecule has 7 heteroatoms. The number of rotatable bonds is 5. The number of hydrogen-bond donors (Lipinski definition) is 2. The number of para-hydroxylation sites is 1. The normalized spacial score (nSPS) is 20.6. The lowest BCUT2D eigenvalue weighted by Gasteiger charge is -2.25. The van der Waals surface area contributed by atoms with Crippen LogP contribution in [0.2, 0.25) is 0 Å². The molecule has 2 aromatic rings. The van der Waals surface area contributed by atoms with Gasteiger partial charge in [-0.05, 0) is 31.4 Å². The maximum absolute atomic E-state index is 13.8. The van der Waals surface area contributed by atoms with Crippen LogP contribution in [0.3, 0.4) is 0 Å². The Morgan fingerprint density at radius 1 is 1.36 bits per heavy atom. The summed E-state index contributed by atoms with van der Waals surface area (Å²) in [4.78, 5) is 27.7. The number of carboxylic acids is 1. The Labute approximate surface area is 145 Å². The van der Waals surface area contributed by atoms with Crippen molar-refractivity contribution in [3.05, 3.63) is 29.8 Å². The van der Waals surface area contributed by atoms with Crippen LogP contribution in [0.5, 0.6) is 0 Å². The van der Waals surface area contributed by atoms with E-state index in [-0.39, 0.29) is 17.6 Å². The summed E-state index contributed by atoms with van der Waals surface area (Å²) in [7, 11) is 1.82. The van der Waals surface area contributed by atoms with E-state index >= 15 is 0 Å². The third-order valence-electron chi connectivity index (χ3n) is 5.00. The molecule has 0 bridgehead atoms. The summed E-state index contributed by atoms with van der Waals surface area (Å²) in [5, 5.41) is 12.0. The van der Waals surface area contributed by atoms with Crippen LogP contribution in [0.25, 0.3) is 11.0 Å². The molecule has 2 atom stereocenters. The van der Waals surface area contributed by atoms with Gasteiger partial charge in [-0.25, -0.2) is 9.37 Å². The zero-order valence-corrected chi connectivity index (χ0v) is 14.2. The molecule has 6 nitrogen and oxygen atoms in total. The Morgan fingerprint density at radius 3 is 2.84 bits per heavy atom. The van der Waals surface area contributed by atoms with Crippen LogP contribution in [0, 0.1) is 17.7 Å². The molecule has 25 heavy (non-hydrogen) atoms. The lowest BCUT2D eigenvalue weighted by molar-refractivity contribution is -0.144. The van der Waals surface area contributed by atoms with Crippen molar-refractivity contribution >= 4 is 22.9 Å². The van der Waals surface area contributed by atoms with E-state index in [1.54, 1.807) is 6.07 Å². The number of carboxylic acid groups (broad SMARTS) is 1. The first-order chi connectivity index (χ1) is 12.0. The monoisotopic (exact) mass is 347 g/mol. The number of carbonyl (C=O) groups is 2. The molecule has 1 heterocycles. The Hall–Kier alpha value is -2.44. The lowest BCUT2D eigenvalue weighted by atomic mass is 9.81. The standard InChI is InChI=1S/C18H22FN3O3/c1-22-14-7-3-6-13(19)16(14)21-15(22)8-9-20-17(23)11-4-2-5-12(10-11)18(24)25/h3,6-7,11-12H,2,4-5,8-10H2,1H3,(H,20,23)(H,24,25). The number of hydrogen-bond acceptors (Lipinski definition) is 3. The van der Waals surface area contributed by atoms with Gasteiger partial charge in [0.15, 0.2) is 5.82 Å². The number of aromatic nitrogens is 2. The van der Waals surface area contributed by atoms with E-state index < -0.39 is 11.9 Å². The van der Waals surface area contributed by atoms with E-state index in [0.717, 1.165) is 18.4 Å². The number of aliphatic carboxylic acids is 1. The zero-order valence-electron chi connectivity index (χ0n) is 14.2. The summed E-state index contributed by atoms with van der Waals surface area (Å²) in [6.07, 6.45) is 3.03. The smallest absolute Gasteiger partial charge is 0.306 e. The number of amides is 1. The van der Waals surface area contributed by atoms with Crippen LogP contribution >= 0.6 is 0 Å². The lowest BCUT2D eigenvalue weighted by Crippen LogP contribution is -2.36. The molecule has 2 N–H and O–H groups in total. The predicted octanol–water partition coefficient (Wildman–Crippen LogP) is 2.26. The second kappa shape index (κ2) is 7.21. The van der Waals surface area contributed by atoms with Crippen molar-refractivity contribution in [1.82, 2.24) is 14.9 Å². The third kappa shape index (κ3) is 3.65. The summed E-state index contributed by atoms with van der Waals surface area (Å²) < 4.78 is 15.6. The van der Waals surface area contributed by atoms with Crippen molar-refractivity contribution in [2.75, 3.05) is 6.54 Å². The summed E-state index contributed by atoms with van der Waals surface area (Å²) in [6.45, 7) is 0.395. The van der Waals surface area contributed by atoms with E-state index in [9.17, 15) is 14.0 Å². The average molecular weight is 347 g/mol. The van der Waals surface area contributed by atoms with Gasteiger partial charge in [-0.3, -0.25) is 9.59 Å². The fourth-order valence-electron chi connectivity index (χ4n) is 3.55. The summed E-state index contributed by atoms with van der Waals surface area (Å²) >= 11 is 0. The largest absolute Gasteiger partial charge is 0.481 e. The molecule has 1 amide bonds. The number of carbonyl (C=O) groups excluding carboxylic acids is 1. The fraction of sp³-hybridized carbons (Fsp3) is 0.500. The maximum Gasteiger partial charge on any atom is 0.306 e. The second-order valence-electron chi connectivity index (χ2n) is 6.63. The highest BCUT2D eigenvalue weighted by atomic mass is 19.1. The quantitative estimate of drug-likeness (QED) is 0.869. The molecule has 1 aliphatic carbocycles. The highest BCUT2D eigenvalue weighted by molar-refractivity contribution is 5.80. The van der Waals surface area contributed by atoms with Crippen LogP contribution in [0.4, 0.5) is 4.39 Å². The van der Waals surface area contributed by atoms with Crippen LogP contribution in [0.1, 0.15) is 31.5 Å². The Morgan fingerprint density at radius 2 is 2.12 bits per heavy atom. The number of nitrogens with one attached hydrogen (secondary N) is 1. The first kappa shape index (κ1) is 17.4. The highest BCUT2D eigenvalue weighted by Crippen LogP contribution is 2.29. The number of benzene rings is 1. The van der Waals surface area contributed by atoms with Crippen LogP contribution < -0.4 is 5.32 Å². The SMILES string of the molecule is Cn1c(CCNC(=O)C2CCCC(C(=O)O)C2)nc2c(F)cccc21. The molecule has 1 aromatic heterocycles. The van der Waals surface area contributed by atoms with Gasteiger partial charge in [0.05, 0.1) is 11.4 Å². The zero-order chi connectivity index (χ0) is 18.0. The number of aryl methyl sites for hydroxylation is 1. The van der Waals surface area contributed by atoms with E-state index in [1.165, 1.54) is 6.07 Å². The van der Waals surface area contributed by atoms with Crippen LogP contribution in [0.15, 0.2) is 18.2 Å². The molecule has 1 fully saturated rings. The van der Waals surface area contributed by atoms with Gasteiger partial charge in [-0.1, -0.05) is 12.5 Å². The molecule has 2 unspecified atom stereocenters. The topological polar surface area (TPSA) is 84.2 Å². The average Bonchev–Trinajstić information content (AvgIpc) is 2.93. The Bertz CT molecular complexity index is 802. The van der Waals surface area contributed by atoms with Crippen molar-refractivity contribution < 1.29 is 19.1 Å². The predicted molar refractivity (Wildman–Crippen MR) is 90.5 cm³/mol. The minimum Gasteiger partial charge on any atom is -0.481 e. The molecule has 1 aliphatic rings. The van der Waals surface area contributed by atoms with Gasteiger partial charge < -0.3 is 15.0 Å². The molecule has 0 saturated heterocycles. The van der Waals surface area contributed by atoms with E-state index in [4.69, 9.17) is 5.11 Å². The van der Waals surface area contributed by atoms with Crippen molar-refractivity contribution in [3.8, 4) is 0 Å². The fourth-order valence-corrected chi connectivity index (χ4v) is 3.55. The van der Waals surface area contributed by atoms with E-state index in [1.807, 2.05) is 17.7 Å². The van der Waals surface area contributed by atoms with Gasteiger partial charge in [0.1, 0.15) is 11.3 Å². The van der Waals surface area contributed by atoms with Gasteiger partial charge in [0.2, 0.25) is 5.91 Å². The summed E-state index contributed by atoms with van der Waals surface area (Å²) in [5.74, 6) is -1.24. The van der Waals surface area contributed by atoms with Crippen molar-refractivity contribution in [2.24, 2.45) is 18.9 Å². The molecule has 0 radical (unpaired) electrons. The Kier molecular flexibility index (Phi) is 5.01. The van der Waals surface area contributed by atoms with Gasteiger partial charge in [0, 0.05) is 25.9 Å². The Balaban J connectivity index is 1.58. The number of fused-ring (bicyclic) bond motifs is 1. The number of nitrogens with zero attached hydrogens (tertiary/aromatic N) is 2. The minimum atomic E-state index is -0.820. The molecule has 134 valence electrons. The molecule has 1 saturated carbocycles. The highest BCUT2D eigenvalue weighted by Gasteiger charge is 2.30. The first-order valence-electron chi connectivity index (χ1n) is 8.57. The van der Waals surface area contributed by atoms with Gasteiger partial charge in [-0.2, -0.15) is 0 Å². The van der Waals surface area contributed by atoms with Gasteiger partial charge in [-0.15, -0.1) is 0 Å². The molecule has 0 spiro atoms. The maximum atomic E-state index is 13.8. The van der Waals surface area contributed by atoms with Crippen molar-refractivity contribution in [1.29, 1.82) is 0 Å². The molecule has 0 aliphatic heterocycles.